The molecule has 0 saturated carbocycles. The largest absolute Gasteiger partial charge is 0.505 e. The molecule has 1 atom stereocenters. The predicted octanol–water partition coefficient (Wildman–Crippen LogP) is 2.33. The Kier molecular flexibility index (Phi) is 3.25. The van der Waals surface area contributed by atoms with Crippen LogP contribution in [0, 0.1) is 5.82 Å². The van der Waals surface area contributed by atoms with Gasteiger partial charge < -0.3 is 10.8 Å². The van der Waals surface area contributed by atoms with Crippen LogP contribution in [0.15, 0.2) is 18.2 Å². The van der Waals surface area contributed by atoms with Gasteiger partial charge in [-0.2, -0.15) is 0 Å². The van der Waals surface area contributed by atoms with E-state index in [4.69, 9.17) is 10.8 Å². The SMILES string of the molecule is CCCC(N)c1ccc(O)c(F)c1. The normalized spacial score (nSPS) is 12.8. The van der Waals surface area contributed by atoms with Crippen LogP contribution in [0.2, 0.25) is 0 Å². The van der Waals surface area contributed by atoms with Crippen LogP contribution >= 0.6 is 0 Å². The maximum atomic E-state index is 12.9. The van der Waals surface area contributed by atoms with Crippen molar-refractivity contribution in [3.8, 4) is 5.75 Å². The van der Waals surface area contributed by atoms with Gasteiger partial charge in [0, 0.05) is 6.04 Å². The molecule has 0 heterocycles. The van der Waals surface area contributed by atoms with Crippen LogP contribution in [0.3, 0.4) is 0 Å². The predicted molar refractivity (Wildman–Crippen MR) is 49.9 cm³/mol. The lowest BCUT2D eigenvalue weighted by Gasteiger charge is -2.10. The summed E-state index contributed by atoms with van der Waals surface area (Å²) >= 11 is 0. The number of aromatic hydroxyl groups is 1. The van der Waals surface area contributed by atoms with Crippen LogP contribution in [0.4, 0.5) is 4.39 Å². The third kappa shape index (κ3) is 2.42. The standard InChI is InChI=1S/C10H14FNO/c1-2-3-9(12)7-4-5-10(13)8(11)6-7/h4-6,9,13H,2-3,12H2,1H3. The highest BCUT2D eigenvalue weighted by atomic mass is 19.1. The number of phenolic OH excluding ortho intramolecular Hbond substituents is 1. The Hall–Kier alpha value is -1.09. The second-order valence-electron chi connectivity index (χ2n) is 3.11. The molecule has 0 bridgehead atoms. The molecule has 0 saturated heterocycles. The minimum absolute atomic E-state index is 0.139. The van der Waals surface area contributed by atoms with Crippen molar-refractivity contribution in [3.05, 3.63) is 29.6 Å². The molecule has 1 rings (SSSR count). The molecule has 1 unspecified atom stereocenters. The highest BCUT2D eigenvalue weighted by molar-refractivity contribution is 5.29. The molecule has 0 fully saturated rings. The van der Waals surface area contributed by atoms with Crippen molar-refractivity contribution in [2.24, 2.45) is 5.73 Å². The second kappa shape index (κ2) is 4.23. The van der Waals surface area contributed by atoms with Gasteiger partial charge in [-0.25, -0.2) is 4.39 Å². The molecule has 3 heteroatoms. The molecule has 0 radical (unpaired) electrons. The van der Waals surface area contributed by atoms with Crippen LogP contribution in [0.25, 0.3) is 0 Å². The van der Waals surface area contributed by atoms with Crippen LogP contribution in [0.5, 0.6) is 5.75 Å². The first-order chi connectivity index (χ1) is 6.15. The fourth-order valence-corrected chi connectivity index (χ4v) is 1.23. The van der Waals surface area contributed by atoms with E-state index in [-0.39, 0.29) is 11.8 Å². The molecule has 72 valence electrons. The third-order valence-electron chi connectivity index (χ3n) is 2.00. The van der Waals surface area contributed by atoms with Gasteiger partial charge in [0.2, 0.25) is 0 Å². The average molecular weight is 183 g/mol. The van der Waals surface area contributed by atoms with Gasteiger partial charge in [0.05, 0.1) is 0 Å². The summed E-state index contributed by atoms with van der Waals surface area (Å²) < 4.78 is 12.9. The Labute approximate surface area is 77.2 Å². The lowest BCUT2D eigenvalue weighted by Crippen LogP contribution is -2.09. The molecule has 1 aromatic carbocycles. The van der Waals surface area contributed by atoms with E-state index in [1.165, 1.54) is 12.1 Å². The lowest BCUT2D eigenvalue weighted by atomic mass is 10.0. The number of hydrogen-bond donors (Lipinski definition) is 2. The molecular formula is C10H14FNO. The molecule has 0 spiro atoms. The van der Waals surface area contributed by atoms with E-state index in [1.54, 1.807) is 6.07 Å². The Morgan fingerprint density at radius 3 is 2.77 bits per heavy atom. The van der Waals surface area contributed by atoms with Gasteiger partial charge in [-0.15, -0.1) is 0 Å². The highest BCUT2D eigenvalue weighted by Crippen LogP contribution is 2.21. The zero-order valence-corrected chi connectivity index (χ0v) is 7.63. The summed E-state index contributed by atoms with van der Waals surface area (Å²) in [7, 11) is 0. The third-order valence-corrected chi connectivity index (χ3v) is 2.00. The molecule has 0 aliphatic carbocycles. The lowest BCUT2D eigenvalue weighted by molar-refractivity contribution is 0.431. The van der Waals surface area contributed by atoms with Crippen LogP contribution in [0.1, 0.15) is 31.4 Å². The van der Waals surface area contributed by atoms with Crippen molar-refractivity contribution in [2.45, 2.75) is 25.8 Å². The second-order valence-corrected chi connectivity index (χ2v) is 3.11. The Morgan fingerprint density at radius 2 is 2.23 bits per heavy atom. The summed E-state index contributed by atoms with van der Waals surface area (Å²) in [5.41, 5.74) is 6.51. The van der Waals surface area contributed by atoms with Gasteiger partial charge in [-0.05, 0) is 24.1 Å². The van der Waals surface area contributed by atoms with Crippen molar-refractivity contribution in [3.63, 3.8) is 0 Å². The fourth-order valence-electron chi connectivity index (χ4n) is 1.23. The quantitative estimate of drug-likeness (QED) is 0.755. The first-order valence-corrected chi connectivity index (χ1v) is 4.39. The molecular weight excluding hydrogens is 169 g/mol. The summed E-state index contributed by atoms with van der Waals surface area (Å²) in [5.74, 6) is -0.934. The van der Waals surface area contributed by atoms with E-state index in [2.05, 4.69) is 0 Å². The topological polar surface area (TPSA) is 46.2 Å². The van der Waals surface area contributed by atoms with Crippen molar-refractivity contribution >= 4 is 0 Å². The monoisotopic (exact) mass is 183 g/mol. The zero-order chi connectivity index (χ0) is 9.84. The van der Waals surface area contributed by atoms with Crippen LogP contribution in [-0.4, -0.2) is 5.11 Å². The first-order valence-electron chi connectivity index (χ1n) is 4.39. The van der Waals surface area contributed by atoms with Gasteiger partial charge in [-0.3, -0.25) is 0 Å². The summed E-state index contributed by atoms with van der Waals surface area (Å²) in [6.07, 6.45) is 1.79. The van der Waals surface area contributed by atoms with Crippen molar-refractivity contribution in [1.82, 2.24) is 0 Å². The summed E-state index contributed by atoms with van der Waals surface area (Å²) in [4.78, 5) is 0. The van der Waals surface area contributed by atoms with Gasteiger partial charge in [0.1, 0.15) is 0 Å². The summed E-state index contributed by atoms with van der Waals surface area (Å²) in [5, 5.41) is 8.94. The molecule has 13 heavy (non-hydrogen) atoms. The Balaban J connectivity index is 2.84. The van der Waals surface area contributed by atoms with E-state index in [0.717, 1.165) is 18.4 Å². The molecule has 0 aliphatic heterocycles. The Morgan fingerprint density at radius 1 is 1.54 bits per heavy atom. The minimum Gasteiger partial charge on any atom is -0.505 e. The van der Waals surface area contributed by atoms with Crippen molar-refractivity contribution in [1.29, 1.82) is 0 Å². The van der Waals surface area contributed by atoms with Crippen LogP contribution < -0.4 is 5.73 Å². The molecule has 2 nitrogen and oxygen atoms in total. The van der Waals surface area contributed by atoms with E-state index < -0.39 is 5.82 Å². The number of halogens is 1. The number of hydrogen-bond acceptors (Lipinski definition) is 2. The van der Waals surface area contributed by atoms with Crippen molar-refractivity contribution < 1.29 is 9.50 Å². The van der Waals surface area contributed by atoms with Crippen LogP contribution in [-0.2, 0) is 0 Å². The maximum absolute atomic E-state index is 12.9. The first kappa shape index (κ1) is 9.99. The van der Waals surface area contributed by atoms with Gasteiger partial charge in [0.25, 0.3) is 0 Å². The minimum atomic E-state index is -0.607. The zero-order valence-electron chi connectivity index (χ0n) is 7.63. The highest BCUT2D eigenvalue weighted by Gasteiger charge is 2.07. The smallest absolute Gasteiger partial charge is 0.165 e. The van der Waals surface area contributed by atoms with Gasteiger partial charge in [0.15, 0.2) is 11.6 Å². The maximum Gasteiger partial charge on any atom is 0.165 e. The number of benzene rings is 1. The molecule has 0 amide bonds. The van der Waals surface area contributed by atoms with Gasteiger partial charge in [-0.1, -0.05) is 19.4 Å². The van der Waals surface area contributed by atoms with E-state index in [9.17, 15) is 4.39 Å². The molecule has 3 N–H and O–H groups in total. The molecule has 1 aromatic rings. The summed E-state index contributed by atoms with van der Waals surface area (Å²) in [6, 6.07) is 4.13. The number of nitrogens with two attached hydrogens (primary N) is 1. The number of phenols is 1. The van der Waals surface area contributed by atoms with Crippen molar-refractivity contribution in [2.75, 3.05) is 0 Å². The van der Waals surface area contributed by atoms with E-state index >= 15 is 0 Å². The average Bonchev–Trinajstić information content (AvgIpc) is 2.10. The van der Waals surface area contributed by atoms with E-state index in [1.807, 2.05) is 6.92 Å². The molecule has 0 aromatic heterocycles. The van der Waals surface area contributed by atoms with Gasteiger partial charge >= 0.3 is 0 Å². The Bertz CT molecular complexity index is 288. The summed E-state index contributed by atoms with van der Waals surface area (Å²) in [6.45, 7) is 2.02. The number of rotatable bonds is 3. The van der Waals surface area contributed by atoms with E-state index in [0.29, 0.717) is 0 Å². The molecule has 0 aliphatic rings. The fraction of sp³-hybridized carbons (Fsp3) is 0.400.